The molecule has 1 aromatic carbocycles. The molecular formula is C11H9ClN2O. The van der Waals surface area contributed by atoms with E-state index in [1.807, 2.05) is 6.07 Å². The highest BCUT2D eigenvalue weighted by atomic mass is 35.5. The van der Waals surface area contributed by atoms with E-state index in [2.05, 4.69) is 5.32 Å². The molecule has 76 valence electrons. The first kappa shape index (κ1) is 10.0. The molecule has 0 atom stereocenters. The van der Waals surface area contributed by atoms with Crippen molar-refractivity contribution in [1.82, 2.24) is 0 Å². The Morgan fingerprint density at radius 3 is 2.67 bits per heavy atom. The van der Waals surface area contributed by atoms with Crippen LogP contribution >= 0.6 is 11.6 Å². The zero-order valence-electron chi connectivity index (χ0n) is 7.96. The Morgan fingerprint density at radius 2 is 2.13 bits per heavy atom. The minimum atomic E-state index is -0.806. The molecule has 1 amide bonds. The fourth-order valence-electron chi connectivity index (χ4n) is 1.32. The third-order valence-corrected chi connectivity index (χ3v) is 2.85. The van der Waals surface area contributed by atoms with Crippen molar-refractivity contribution < 1.29 is 4.79 Å². The zero-order chi connectivity index (χ0) is 10.9. The standard InChI is InChI=1S/C11H9ClN2O/c12-8-3-1-2-4-9(8)14-10(15)11(7-13)5-6-11/h1-4H,5-6H2,(H,14,15). The van der Waals surface area contributed by atoms with E-state index < -0.39 is 5.41 Å². The third-order valence-electron chi connectivity index (χ3n) is 2.52. The van der Waals surface area contributed by atoms with Gasteiger partial charge in [-0.25, -0.2) is 0 Å². The number of halogens is 1. The SMILES string of the molecule is N#CC1(C(=O)Nc2ccccc2Cl)CC1. The molecule has 0 bridgehead atoms. The first-order valence-electron chi connectivity index (χ1n) is 4.65. The Labute approximate surface area is 92.7 Å². The average molecular weight is 221 g/mol. The summed E-state index contributed by atoms with van der Waals surface area (Å²) in [4.78, 5) is 11.7. The summed E-state index contributed by atoms with van der Waals surface area (Å²) in [5.74, 6) is -0.252. The Bertz CT molecular complexity index is 446. The second-order valence-electron chi connectivity index (χ2n) is 3.63. The van der Waals surface area contributed by atoms with Crippen LogP contribution in [-0.2, 0) is 4.79 Å². The number of carbonyl (C=O) groups excluding carboxylic acids is 1. The van der Waals surface area contributed by atoms with Crippen molar-refractivity contribution in [3.8, 4) is 6.07 Å². The van der Waals surface area contributed by atoms with Gasteiger partial charge in [-0.1, -0.05) is 23.7 Å². The van der Waals surface area contributed by atoms with Crippen molar-refractivity contribution in [2.24, 2.45) is 5.41 Å². The Hall–Kier alpha value is -1.53. The van der Waals surface area contributed by atoms with Crippen molar-refractivity contribution in [1.29, 1.82) is 5.26 Å². The number of hydrogen-bond acceptors (Lipinski definition) is 2. The van der Waals surface area contributed by atoms with Crippen LogP contribution in [0.15, 0.2) is 24.3 Å². The summed E-state index contributed by atoms with van der Waals surface area (Å²) >= 11 is 5.88. The molecule has 1 N–H and O–H groups in total. The van der Waals surface area contributed by atoms with E-state index in [0.717, 1.165) is 0 Å². The number of carbonyl (C=O) groups is 1. The van der Waals surface area contributed by atoms with E-state index >= 15 is 0 Å². The van der Waals surface area contributed by atoms with Gasteiger partial charge in [0.1, 0.15) is 5.41 Å². The Kier molecular flexibility index (Phi) is 2.37. The number of para-hydroxylation sites is 1. The molecule has 0 heterocycles. The van der Waals surface area contributed by atoms with Crippen molar-refractivity contribution in [2.75, 3.05) is 5.32 Å². The molecule has 1 fully saturated rings. The first-order valence-corrected chi connectivity index (χ1v) is 5.03. The summed E-state index contributed by atoms with van der Waals surface area (Å²) in [5.41, 5.74) is -0.246. The highest BCUT2D eigenvalue weighted by Gasteiger charge is 2.50. The second kappa shape index (κ2) is 3.56. The Morgan fingerprint density at radius 1 is 1.47 bits per heavy atom. The summed E-state index contributed by atoms with van der Waals surface area (Å²) in [5, 5.41) is 12.0. The van der Waals surface area contributed by atoms with E-state index in [1.165, 1.54) is 0 Å². The zero-order valence-corrected chi connectivity index (χ0v) is 8.71. The van der Waals surface area contributed by atoms with Gasteiger partial charge in [0.25, 0.3) is 0 Å². The van der Waals surface area contributed by atoms with Gasteiger partial charge < -0.3 is 5.32 Å². The number of rotatable bonds is 2. The highest BCUT2D eigenvalue weighted by Crippen LogP contribution is 2.45. The maximum absolute atomic E-state index is 11.7. The number of benzene rings is 1. The van der Waals surface area contributed by atoms with Gasteiger partial charge in [0.15, 0.2) is 0 Å². The molecule has 0 aromatic heterocycles. The van der Waals surface area contributed by atoms with Crippen LogP contribution in [0.25, 0.3) is 0 Å². The molecule has 0 radical (unpaired) electrons. The number of nitrogens with one attached hydrogen (secondary N) is 1. The van der Waals surface area contributed by atoms with E-state index in [9.17, 15) is 4.79 Å². The van der Waals surface area contributed by atoms with E-state index in [4.69, 9.17) is 16.9 Å². The predicted molar refractivity (Wildman–Crippen MR) is 57.4 cm³/mol. The lowest BCUT2D eigenvalue weighted by Gasteiger charge is -2.09. The number of nitriles is 1. The number of nitrogens with zero attached hydrogens (tertiary/aromatic N) is 1. The molecule has 4 heteroatoms. The maximum Gasteiger partial charge on any atom is 0.244 e. The molecule has 0 spiro atoms. The summed E-state index contributed by atoms with van der Waals surface area (Å²) in [6.45, 7) is 0. The van der Waals surface area contributed by atoms with E-state index in [1.54, 1.807) is 24.3 Å². The highest BCUT2D eigenvalue weighted by molar-refractivity contribution is 6.33. The van der Waals surface area contributed by atoms with Crippen LogP contribution in [-0.4, -0.2) is 5.91 Å². The van der Waals surface area contributed by atoms with Gasteiger partial charge in [-0.15, -0.1) is 0 Å². The molecule has 1 aliphatic carbocycles. The molecule has 3 nitrogen and oxygen atoms in total. The molecule has 0 unspecified atom stereocenters. The van der Waals surface area contributed by atoms with Crippen molar-refractivity contribution >= 4 is 23.2 Å². The van der Waals surface area contributed by atoms with Gasteiger partial charge in [-0.05, 0) is 25.0 Å². The average Bonchev–Trinajstić information content (AvgIpc) is 3.02. The largest absolute Gasteiger partial charge is 0.323 e. The number of hydrogen-bond donors (Lipinski definition) is 1. The van der Waals surface area contributed by atoms with E-state index in [0.29, 0.717) is 23.6 Å². The number of amides is 1. The lowest BCUT2D eigenvalue weighted by atomic mass is 10.1. The van der Waals surface area contributed by atoms with Crippen LogP contribution in [0, 0.1) is 16.7 Å². The topological polar surface area (TPSA) is 52.9 Å². The Balaban J connectivity index is 2.14. The molecule has 0 saturated heterocycles. The van der Waals surface area contributed by atoms with Crippen molar-refractivity contribution in [3.05, 3.63) is 29.3 Å². The molecule has 15 heavy (non-hydrogen) atoms. The summed E-state index contributed by atoms with van der Waals surface area (Å²) in [7, 11) is 0. The van der Waals surface area contributed by atoms with Crippen LogP contribution in [0.5, 0.6) is 0 Å². The fourth-order valence-corrected chi connectivity index (χ4v) is 1.50. The number of anilines is 1. The predicted octanol–water partition coefficient (Wildman–Crippen LogP) is 2.58. The van der Waals surface area contributed by atoms with Gasteiger partial charge in [-0.2, -0.15) is 5.26 Å². The van der Waals surface area contributed by atoms with Crippen LogP contribution in [0.3, 0.4) is 0 Å². The fraction of sp³-hybridized carbons (Fsp3) is 0.273. The monoisotopic (exact) mass is 220 g/mol. The van der Waals surface area contributed by atoms with Crippen LogP contribution in [0.2, 0.25) is 5.02 Å². The minimum absolute atomic E-state index is 0.252. The molecule has 1 saturated carbocycles. The summed E-state index contributed by atoms with van der Waals surface area (Å²) < 4.78 is 0. The second-order valence-corrected chi connectivity index (χ2v) is 4.04. The quantitative estimate of drug-likeness (QED) is 0.833. The first-order chi connectivity index (χ1) is 7.18. The molecule has 0 aliphatic heterocycles. The van der Waals surface area contributed by atoms with Gasteiger partial charge in [0.2, 0.25) is 5.91 Å². The molecule has 2 rings (SSSR count). The van der Waals surface area contributed by atoms with Crippen molar-refractivity contribution in [2.45, 2.75) is 12.8 Å². The smallest absolute Gasteiger partial charge is 0.244 e. The van der Waals surface area contributed by atoms with Crippen LogP contribution in [0.1, 0.15) is 12.8 Å². The van der Waals surface area contributed by atoms with Gasteiger partial charge in [0.05, 0.1) is 16.8 Å². The van der Waals surface area contributed by atoms with E-state index in [-0.39, 0.29) is 5.91 Å². The van der Waals surface area contributed by atoms with Gasteiger partial charge >= 0.3 is 0 Å². The minimum Gasteiger partial charge on any atom is -0.323 e. The molecule has 1 aromatic rings. The summed E-state index contributed by atoms with van der Waals surface area (Å²) in [6.07, 6.45) is 1.28. The molecular weight excluding hydrogens is 212 g/mol. The van der Waals surface area contributed by atoms with Gasteiger partial charge in [0, 0.05) is 0 Å². The van der Waals surface area contributed by atoms with Gasteiger partial charge in [-0.3, -0.25) is 4.79 Å². The van der Waals surface area contributed by atoms with Crippen LogP contribution in [0.4, 0.5) is 5.69 Å². The lowest BCUT2D eigenvalue weighted by molar-refractivity contribution is -0.119. The molecule has 1 aliphatic rings. The normalized spacial score (nSPS) is 16.5. The lowest BCUT2D eigenvalue weighted by Crippen LogP contribution is -2.22. The van der Waals surface area contributed by atoms with Crippen LogP contribution < -0.4 is 5.32 Å². The van der Waals surface area contributed by atoms with Crippen molar-refractivity contribution in [3.63, 3.8) is 0 Å². The third kappa shape index (κ3) is 1.81. The summed E-state index contributed by atoms with van der Waals surface area (Å²) in [6, 6.07) is 9.02. The maximum atomic E-state index is 11.7.